The van der Waals surface area contributed by atoms with Crippen LogP contribution in [0, 0.1) is 5.92 Å². The van der Waals surface area contributed by atoms with Gasteiger partial charge in [0.2, 0.25) is 5.91 Å². The first-order valence-electron chi connectivity index (χ1n) is 10.1. The molecule has 2 aromatic carbocycles. The van der Waals surface area contributed by atoms with Gasteiger partial charge < -0.3 is 5.11 Å². The van der Waals surface area contributed by atoms with Crippen molar-refractivity contribution in [2.24, 2.45) is 5.92 Å². The Labute approximate surface area is 199 Å². The fraction of sp³-hybridized carbons (Fsp3) is 0.208. The maximum absolute atomic E-state index is 13.6. The molecule has 1 aromatic heterocycles. The minimum Gasteiger partial charge on any atom is -0.481 e. The van der Waals surface area contributed by atoms with Gasteiger partial charge in [0.1, 0.15) is 0 Å². The van der Waals surface area contributed by atoms with Gasteiger partial charge in [-0.1, -0.05) is 65.7 Å². The van der Waals surface area contributed by atoms with Crippen molar-refractivity contribution in [2.45, 2.75) is 18.8 Å². The lowest BCUT2D eigenvalue weighted by Crippen LogP contribution is -2.40. The Balaban J connectivity index is 1.70. The van der Waals surface area contributed by atoms with Crippen LogP contribution in [-0.4, -0.2) is 28.5 Å². The third kappa shape index (κ3) is 4.88. The van der Waals surface area contributed by atoms with Gasteiger partial charge in [0, 0.05) is 22.5 Å². The molecule has 0 aliphatic carbocycles. The maximum Gasteiger partial charge on any atom is 0.304 e. The molecule has 2 atom stereocenters. The van der Waals surface area contributed by atoms with Crippen LogP contribution in [0.5, 0.6) is 0 Å². The smallest absolute Gasteiger partial charge is 0.304 e. The first kappa shape index (κ1) is 22.5. The first-order chi connectivity index (χ1) is 15.4. The molecule has 0 fully saturated rings. The number of amides is 1. The minimum atomic E-state index is -1.00. The third-order valence-corrected chi connectivity index (χ3v) is 6.89. The summed E-state index contributed by atoms with van der Waals surface area (Å²) in [6, 6.07) is 14.7. The Hall–Kier alpha value is -2.67. The number of carbonyl (C=O) groups excluding carboxylic acids is 1. The number of aromatic nitrogens is 1. The van der Waals surface area contributed by atoms with Crippen LogP contribution in [0.4, 0.5) is 5.13 Å². The quantitative estimate of drug-likeness (QED) is 0.430. The number of hydrogen-bond donors (Lipinski definition) is 1. The van der Waals surface area contributed by atoms with Crippen molar-refractivity contribution < 1.29 is 14.7 Å². The SMILES string of the molecule is O=C(O)C[C@@H]1C(=O)N(c2nc(-c3cc(Cl)ccc3Cl)cs2)CC=CC[C@@H]1c1ccccc1. The summed E-state index contributed by atoms with van der Waals surface area (Å²) in [5.74, 6) is -2.19. The van der Waals surface area contributed by atoms with E-state index in [4.69, 9.17) is 23.2 Å². The lowest BCUT2D eigenvalue weighted by molar-refractivity contribution is -0.141. The number of nitrogens with zero attached hydrogens (tertiary/aromatic N) is 2. The molecule has 4 rings (SSSR count). The number of carboxylic acids is 1. The van der Waals surface area contributed by atoms with Gasteiger partial charge in [0.15, 0.2) is 5.13 Å². The van der Waals surface area contributed by atoms with Crippen LogP contribution < -0.4 is 4.90 Å². The fourth-order valence-corrected chi connectivity index (χ4v) is 5.14. The predicted octanol–water partition coefficient (Wildman–Crippen LogP) is 6.28. The zero-order valence-electron chi connectivity index (χ0n) is 16.9. The monoisotopic (exact) mass is 486 g/mol. The number of anilines is 1. The molecule has 0 spiro atoms. The highest BCUT2D eigenvalue weighted by Gasteiger charge is 2.36. The lowest BCUT2D eigenvalue weighted by Gasteiger charge is -2.31. The molecule has 1 aliphatic rings. The highest BCUT2D eigenvalue weighted by Crippen LogP contribution is 2.38. The summed E-state index contributed by atoms with van der Waals surface area (Å²) in [7, 11) is 0. The van der Waals surface area contributed by atoms with E-state index >= 15 is 0 Å². The van der Waals surface area contributed by atoms with Crippen molar-refractivity contribution in [1.29, 1.82) is 0 Å². The average molecular weight is 487 g/mol. The summed E-state index contributed by atoms with van der Waals surface area (Å²) in [6.07, 6.45) is 4.29. The lowest BCUT2D eigenvalue weighted by atomic mass is 9.80. The van der Waals surface area contributed by atoms with Crippen LogP contribution in [0.1, 0.15) is 24.3 Å². The molecule has 2 heterocycles. The van der Waals surface area contributed by atoms with E-state index in [1.165, 1.54) is 11.3 Å². The van der Waals surface area contributed by atoms with Crippen LogP contribution in [-0.2, 0) is 9.59 Å². The van der Waals surface area contributed by atoms with E-state index < -0.39 is 11.9 Å². The highest BCUT2D eigenvalue weighted by atomic mass is 35.5. The van der Waals surface area contributed by atoms with Crippen molar-refractivity contribution in [3.63, 3.8) is 0 Å². The van der Waals surface area contributed by atoms with Gasteiger partial charge in [-0.15, -0.1) is 11.3 Å². The zero-order chi connectivity index (χ0) is 22.7. The van der Waals surface area contributed by atoms with Crippen molar-refractivity contribution in [2.75, 3.05) is 11.4 Å². The van der Waals surface area contributed by atoms with Gasteiger partial charge in [-0.05, 0) is 36.1 Å². The van der Waals surface area contributed by atoms with Crippen molar-refractivity contribution in [3.8, 4) is 11.3 Å². The van der Waals surface area contributed by atoms with Crippen LogP contribution in [0.25, 0.3) is 11.3 Å². The molecule has 164 valence electrons. The van der Waals surface area contributed by atoms with E-state index in [9.17, 15) is 14.7 Å². The predicted molar refractivity (Wildman–Crippen MR) is 129 cm³/mol. The van der Waals surface area contributed by atoms with Crippen LogP contribution in [0.2, 0.25) is 10.0 Å². The molecular formula is C24H20Cl2N2O3S. The van der Waals surface area contributed by atoms with Crippen LogP contribution in [0.3, 0.4) is 0 Å². The molecule has 5 nitrogen and oxygen atoms in total. The molecule has 0 radical (unpaired) electrons. The molecule has 1 amide bonds. The molecule has 8 heteroatoms. The number of rotatable bonds is 5. The molecular weight excluding hydrogens is 467 g/mol. The van der Waals surface area contributed by atoms with E-state index in [0.717, 1.165) is 5.56 Å². The van der Waals surface area contributed by atoms with E-state index in [0.29, 0.717) is 39.4 Å². The Bertz CT molecular complexity index is 1160. The van der Waals surface area contributed by atoms with Crippen molar-refractivity contribution >= 4 is 51.5 Å². The largest absolute Gasteiger partial charge is 0.481 e. The van der Waals surface area contributed by atoms with Gasteiger partial charge in [0.25, 0.3) is 0 Å². The second-order valence-electron chi connectivity index (χ2n) is 7.52. The number of carbonyl (C=O) groups is 2. The first-order valence-corrected chi connectivity index (χ1v) is 11.7. The summed E-state index contributed by atoms with van der Waals surface area (Å²) in [6.45, 7) is 0.326. The van der Waals surface area contributed by atoms with E-state index in [1.807, 2.05) is 47.9 Å². The molecule has 32 heavy (non-hydrogen) atoms. The summed E-state index contributed by atoms with van der Waals surface area (Å²) in [5, 5.41) is 12.9. The Morgan fingerprint density at radius 2 is 1.94 bits per heavy atom. The fourth-order valence-electron chi connectivity index (χ4n) is 3.91. The number of allylic oxidation sites excluding steroid dienone is 1. The average Bonchev–Trinajstić information content (AvgIpc) is 3.25. The number of carboxylic acid groups (broad SMARTS) is 1. The van der Waals surface area contributed by atoms with Gasteiger partial charge in [0.05, 0.1) is 23.1 Å². The maximum atomic E-state index is 13.6. The number of hydrogen-bond acceptors (Lipinski definition) is 4. The standard InChI is InChI=1S/C24H20Cl2N2O3S/c25-16-9-10-20(26)19(12-16)21-14-32-24(27-21)28-11-5-4-8-17(15-6-2-1-3-7-15)18(23(28)31)13-22(29)30/h1-7,9-10,12,14,17-18H,8,11,13H2,(H,29,30)/t17-,18+/m1/s1. The highest BCUT2D eigenvalue weighted by molar-refractivity contribution is 7.14. The van der Waals surface area contributed by atoms with Gasteiger partial charge in [-0.3, -0.25) is 14.5 Å². The molecule has 0 bridgehead atoms. The van der Waals surface area contributed by atoms with Crippen LogP contribution in [0.15, 0.2) is 66.1 Å². The Morgan fingerprint density at radius 3 is 2.69 bits per heavy atom. The van der Waals surface area contributed by atoms with Crippen LogP contribution >= 0.6 is 34.5 Å². The van der Waals surface area contributed by atoms with E-state index in [-0.39, 0.29) is 18.2 Å². The number of benzene rings is 2. The van der Waals surface area contributed by atoms with Crippen molar-refractivity contribution in [3.05, 3.63) is 81.7 Å². The summed E-state index contributed by atoms with van der Waals surface area (Å²) < 4.78 is 0. The van der Waals surface area contributed by atoms with E-state index in [1.54, 1.807) is 23.1 Å². The van der Waals surface area contributed by atoms with Gasteiger partial charge in [-0.25, -0.2) is 4.98 Å². The normalized spacial score (nSPS) is 18.9. The Morgan fingerprint density at radius 1 is 1.16 bits per heavy atom. The van der Waals surface area contributed by atoms with Gasteiger partial charge in [-0.2, -0.15) is 0 Å². The second kappa shape index (κ2) is 9.86. The third-order valence-electron chi connectivity index (χ3n) is 5.46. The Kier molecular flexibility index (Phi) is 6.94. The number of aliphatic carboxylic acids is 1. The van der Waals surface area contributed by atoms with Gasteiger partial charge >= 0.3 is 5.97 Å². The number of halogens is 2. The molecule has 0 saturated carbocycles. The summed E-state index contributed by atoms with van der Waals surface area (Å²) >= 11 is 13.7. The second-order valence-corrected chi connectivity index (χ2v) is 9.20. The van der Waals surface area contributed by atoms with E-state index in [2.05, 4.69) is 4.98 Å². The number of thiazole rings is 1. The molecule has 0 saturated heterocycles. The summed E-state index contributed by atoms with van der Waals surface area (Å²) in [5.41, 5.74) is 2.25. The zero-order valence-corrected chi connectivity index (χ0v) is 19.3. The molecule has 0 unspecified atom stereocenters. The topological polar surface area (TPSA) is 70.5 Å². The minimum absolute atomic E-state index is 0.236. The molecule has 3 aromatic rings. The molecule has 1 N–H and O–H groups in total. The summed E-state index contributed by atoms with van der Waals surface area (Å²) in [4.78, 5) is 31.5. The molecule has 1 aliphatic heterocycles. The van der Waals surface area contributed by atoms with Crippen molar-refractivity contribution in [1.82, 2.24) is 4.98 Å².